The van der Waals surface area contributed by atoms with Gasteiger partial charge in [-0.3, -0.25) is 24.0 Å². The highest BCUT2D eigenvalue weighted by Crippen LogP contribution is 2.18. The van der Waals surface area contributed by atoms with E-state index in [4.69, 9.17) is 9.47 Å². The van der Waals surface area contributed by atoms with E-state index in [9.17, 15) is 28.8 Å². The predicted molar refractivity (Wildman–Crippen MR) is 169 cm³/mol. The number of alkyl carbamates (subject to hydrolysis) is 1. The number of ketones is 1. The zero-order chi connectivity index (χ0) is 32.6. The van der Waals surface area contributed by atoms with Crippen LogP contribution >= 0.6 is 25.3 Å². The Balaban J connectivity index is 3.14. The highest BCUT2D eigenvalue weighted by atomic mass is 32.1. The van der Waals surface area contributed by atoms with E-state index in [-0.39, 0.29) is 30.9 Å². The van der Waals surface area contributed by atoms with Crippen molar-refractivity contribution in [3.8, 4) is 0 Å². The number of hydrogen-bond donors (Lipinski definition) is 6. The van der Waals surface area contributed by atoms with E-state index in [1.807, 2.05) is 0 Å². The van der Waals surface area contributed by atoms with Gasteiger partial charge in [0.2, 0.25) is 17.7 Å². The van der Waals surface area contributed by atoms with Crippen LogP contribution in [0, 0.1) is 11.8 Å². The van der Waals surface area contributed by atoms with Gasteiger partial charge in [-0.15, -0.1) is 0 Å². The molecular formula is C29H48N4O8S2. The van der Waals surface area contributed by atoms with Gasteiger partial charge in [0.25, 0.3) is 0 Å². The molecule has 14 heteroatoms. The van der Waals surface area contributed by atoms with Crippen LogP contribution in [0.4, 0.5) is 4.79 Å². The molecule has 0 aliphatic carbocycles. The van der Waals surface area contributed by atoms with E-state index in [0.29, 0.717) is 31.6 Å². The first-order chi connectivity index (χ1) is 20.2. The van der Waals surface area contributed by atoms with Crippen molar-refractivity contribution >= 4 is 60.8 Å². The van der Waals surface area contributed by atoms with Crippen LogP contribution in [-0.2, 0) is 33.4 Å². The van der Waals surface area contributed by atoms with Gasteiger partial charge >= 0.3 is 12.1 Å². The van der Waals surface area contributed by atoms with Crippen molar-refractivity contribution in [3.05, 3.63) is 12.2 Å². The summed E-state index contributed by atoms with van der Waals surface area (Å²) in [7, 11) is 0. The number of carbonyl (C=O) groups is 6. The Morgan fingerprint density at radius 1 is 1.05 bits per heavy atom. The molecule has 1 saturated heterocycles. The first-order valence-electron chi connectivity index (χ1n) is 14.6. The molecule has 12 nitrogen and oxygen atoms in total. The highest BCUT2D eigenvalue weighted by Gasteiger charge is 2.32. The average Bonchev–Trinajstić information content (AvgIpc) is 2.90. The smallest absolute Gasteiger partial charge is 0.407 e. The molecule has 0 saturated carbocycles. The Morgan fingerprint density at radius 2 is 1.74 bits per heavy atom. The van der Waals surface area contributed by atoms with E-state index < -0.39 is 71.8 Å². The third kappa shape index (κ3) is 16.1. The summed E-state index contributed by atoms with van der Waals surface area (Å²) in [5.74, 6) is -3.21. The number of amides is 4. The van der Waals surface area contributed by atoms with Crippen molar-refractivity contribution in [3.63, 3.8) is 0 Å². The number of cyclic esters (lactones) is 1. The molecule has 1 aliphatic heterocycles. The molecule has 4 atom stereocenters. The fourth-order valence-electron chi connectivity index (χ4n) is 4.15. The van der Waals surface area contributed by atoms with Crippen LogP contribution in [0.3, 0.4) is 0 Å². The van der Waals surface area contributed by atoms with Gasteiger partial charge in [-0.2, -0.15) is 25.3 Å². The number of ether oxygens (including phenoxy) is 2. The summed E-state index contributed by atoms with van der Waals surface area (Å²) in [6, 6.07) is -2.01. The average molecular weight is 645 g/mol. The Bertz CT molecular complexity index is 999. The van der Waals surface area contributed by atoms with Gasteiger partial charge in [-0.1, -0.05) is 19.9 Å². The lowest BCUT2D eigenvalue weighted by Crippen LogP contribution is -2.53. The maximum atomic E-state index is 13.3. The Morgan fingerprint density at radius 3 is 2.35 bits per heavy atom. The Labute approximate surface area is 265 Å². The highest BCUT2D eigenvalue weighted by molar-refractivity contribution is 7.80. The summed E-state index contributed by atoms with van der Waals surface area (Å²) in [5.41, 5.74) is -0.635. The number of hydrogen-bond acceptors (Lipinski definition) is 10. The largest absolute Gasteiger partial charge is 0.456 e. The molecule has 0 spiro atoms. The summed E-state index contributed by atoms with van der Waals surface area (Å²) in [6.07, 6.45) is 3.09. The summed E-state index contributed by atoms with van der Waals surface area (Å²) in [5, 5.41) is 10.6. The summed E-state index contributed by atoms with van der Waals surface area (Å²) in [6.45, 7) is 8.71. The number of rotatable bonds is 10. The predicted octanol–water partition coefficient (Wildman–Crippen LogP) is 2.12. The molecule has 1 heterocycles. The minimum Gasteiger partial charge on any atom is -0.456 e. The van der Waals surface area contributed by atoms with Crippen molar-refractivity contribution in [2.24, 2.45) is 11.8 Å². The zero-order valence-electron chi connectivity index (χ0n) is 25.8. The van der Waals surface area contributed by atoms with Gasteiger partial charge in [0.05, 0.1) is 12.5 Å². The molecular weight excluding hydrogens is 596 g/mol. The molecule has 0 bridgehead atoms. The summed E-state index contributed by atoms with van der Waals surface area (Å²) >= 11 is 8.39. The third-order valence-corrected chi connectivity index (χ3v) is 7.04. The molecule has 1 aliphatic rings. The van der Waals surface area contributed by atoms with Crippen LogP contribution in [-0.4, -0.2) is 84.0 Å². The van der Waals surface area contributed by atoms with Gasteiger partial charge in [0.15, 0.2) is 5.78 Å². The van der Waals surface area contributed by atoms with Crippen molar-refractivity contribution in [2.45, 2.75) is 96.9 Å². The van der Waals surface area contributed by atoms with Crippen molar-refractivity contribution < 1.29 is 38.2 Å². The molecule has 0 radical (unpaired) electrons. The maximum absolute atomic E-state index is 13.3. The molecule has 43 heavy (non-hydrogen) atoms. The lowest BCUT2D eigenvalue weighted by molar-refractivity contribution is -0.149. The monoisotopic (exact) mass is 644 g/mol. The van der Waals surface area contributed by atoms with Gasteiger partial charge in [-0.25, -0.2) is 4.79 Å². The quantitative estimate of drug-likeness (QED) is 0.0910. The van der Waals surface area contributed by atoms with Gasteiger partial charge in [0.1, 0.15) is 24.3 Å². The van der Waals surface area contributed by atoms with E-state index in [2.05, 4.69) is 46.5 Å². The molecule has 0 aromatic carbocycles. The fraction of sp³-hybridized carbons (Fsp3) is 0.724. The lowest BCUT2D eigenvalue weighted by Gasteiger charge is -2.26. The maximum Gasteiger partial charge on any atom is 0.407 e. The molecule has 1 rings (SSSR count). The van der Waals surface area contributed by atoms with Crippen molar-refractivity contribution in [1.82, 2.24) is 21.3 Å². The van der Waals surface area contributed by atoms with E-state index in [1.54, 1.807) is 46.8 Å². The van der Waals surface area contributed by atoms with E-state index in [1.165, 1.54) is 0 Å². The molecule has 4 N–H and O–H groups in total. The number of thiol groups is 2. The second kappa shape index (κ2) is 19.5. The number of Topliss-reactive ketones (excluding diaryl/α,β-unsaturated/α-hetero) is 1. The molecule has 4 amide bonds. The first-order valence-corrected chi connectivity index (χ1v) is 15.9. The van der Waals surface area contributed by atoms with E-state index >= 15 is 0 Å². The van der Waals surface area contributed by atoms with Gasteiger partial charge in [0, 0.05) is 24.6 Å². The van der Waals surface area contributed by atoms with Crippen LogP contribution in [0.2, 0.25) is 0 Å². The number of nitrogens with one attached hydrogen (secondary N) is 4. The van der Waals surface area contributed by atoms with Crippen LogP contribution < -0.4 is 21.3 Å². The second-order valence-electron chi connectivity index (χ2n) is 11.7. The number of esters is 1. The number of carbonyl (C=O) groups excluding carboxylic acids is 6. The molecule has 0 unspecified atom stereocenters. The standard InChI is InChI=1S/C29H48N4O8S2/c1-18(2)20-15-23(34)22(17-43)33-27(38)21(11-6-8-12-30-28(39)41-29(3,4)5)32-24(35)14-19(10-7-9-13-42)40-25(36)16-31-26(20)37/h7,10,18-22,42-43H,6,8-9,11-17H2,1-5H3,(H,30,39)(H,31,37)(H,32,35)(H,33,38)/b10-7+/t19-,20-,21-,22-/m1/s1. The van der Waals surface area contributed by atoms with E-state index in [0.717, 1.165) is 0 Å². The van der Waals surface area contributed by atoms with Crippen LogP contribution in [0.5, 0.6) is 0 Å². The first kappa shape index (κ1) is 38.3. The van der Waals surface area contributed by atoms with Crippen molar-refractivity contribution in [1.29, 1.82) is 0 Å². The van der Waals surface area contributed by atoms with Gasteiger partial charge < -0.3 is 30.7 Å². The molecule has 0 aromatic heterocycles. The normalized spacial score (nSPS) is 23.4. The Kier molecular flexibility index (Phi) is 17.4. The fourth-order valence-corrected chi connectivity index (χ4v) is 4.59. The van der Waals surface area contributed by atoms with Gasteiger partial charge in [-0.05, 0) is 64.2 Å². The number of allylic oxidation sites excluding steroid dienone is 1. The zero-order valence-corrected chi connectivity index (χ0v) is 27.6. The van der Waals surface area contributed by atoms with Crippen molar-refractivity contribution in [2.75, 3.05) is 24.6 Å². The van der Waals surface area contributed by atoms with Crippen LogP contribution in [0.15, 0.2) is 12.2 Å². The summed E-state index contributed by atoms with van der Waals surface area (Å²) < 4.78 is 10.7. The lowest BCUT2D eigenvalue weighted by atomic mass is 9.88. The molecule has 1 fully saturated rings. The topological polar surface area (TPSA) is 169 Å². The van der Waals surface area contributed by atoms with Crippen LogP contribution in [0.1, 0.15) is 73.1 Å². The molecule has 244 valence electrons. The molecule has 0 aromatic rings. The minimum atomic E-state index is -1.01. The SMILES string of the molecule is CC(C)[C@H]1CC(=O)[C@@H](CS)NC(=O)[C@@H](CCCCNC(=O)OC(C)(C)C)NC(=O)C[C@@H](/C=C/CCS)OC(=O)CNC1=O. The third-order valence-electron chi connectivity index (χ3n) is 6.41. The second-order valence-corrected chi connectivity index (χ2v) is 12.5. The Hall–Kier alpha value is -2.74. The van der Waals surface area contributed by atoms with Crippen LogP contribution in [0.25, 0.3) is 0 Å². The minimum absolute atomic E-state index is 0.0121. The summed E-state index contributed by atoms with van der Waals surface area (Å²) in [4.78, 5) is 76.8. The number of unbranched alkanes of at least 4 members (excludes halogenated alkanes) is 1.